The van der Waals surface area contributed by atoms with Gasteiger partial charge >= 0.3 is 5.97 Å². The van der Waals surface area contributed by atoms with Crippen LogP contribution in [0.3, 0.4) is 0 Å². The van der Waals surface area contributed by atoms with Crippen molar-refractivity contribution in [2.24, 2.45) is 5.92 Å². The van der Waals surface area contributed by atoms with Crippen LogP contribution in [-0.4, -0.2) is 46.9 Å². The number of likely N-dealkylation sites (tertiary alicyclic amines) is 1. The van der Waals surface area contributed by atoms with Crippen molar-refractivity contribution in [3.8, 4) is 11.5 Å². The number of hydrogen-bond donors (Lipinski definition) is 1. The van der Waals surface area contributed by atoms with Crippen molar-refractivity contribution in [3.05, 3.63) is 40.8 Å². The van der Waals surface area contributed by atoms with Crippen molar-refractivity contribution in [2.75, 3.05) is 19.9 Å². The highest BCUT2D eigenvalue weighted by Crippen LogP contribution is 2.39. The molecule has 0 spiro atoms. The normalized spacial score (nSPS) is 21.2. The van der Waals surface area contributed by atoms with E-state index in [9.17, 15) is 14.7 Å². The summed E-state index contributed by atoms with van der Waals surface area (Å²) in [6, 6.07) is 5.40. The molecule has 1 N–H and O–H groups in total. The molecule has 1 aromatic carbocycles. The lowest BCUT2D eigenvalue weighted by atomic mass is 9.89. The third kappa shape index (κ3) is 2.58. The van der Waals surface area contributed by atoms with Crippen LogP contribution in [0, 0.1) is 19.8 Å². The van der Waals surface area contributed by atoms with Crippen molar-refractivity contribution >= 4 is 11.9 Å². The zero-order valence-corrected chi connectivity index (χ0v) is 14.4. The highest BCUT2D eigenvalue weighted by Gasteiger charge is 2.42. The van der Waals surface area contributed by atoms with E-state index < -0.39 is 11.9 Å². The van der Waals surface area contributed by atoms with E-state index in [0.717, 1.165) is 5.56 Å². The Morgan fingerprint density at radius 2 is 1.96 bits per heavy atom. The Morgan fingerprint density at radius 1 is 1.19 bits per heavy atom. The third-order valence-electron chi connectivity index (χ3n) is 5.00. The first kappa shape index (κ1) is 16.4. The summed E-state index contributed by atoms with van der Waals surface area (Å²) in [6.07, 6.45) is 0. The van der Waals surface area contributed by atoms with Gasteiger partial charge < -0.3 is 24.0 Å². The summed E-state index contributed by atoms with van der Waals surface area (Å²) in [5.74, 6) is -0.529. The van der Waals surface area contributed by atoms with Crippen LogP contribution in [-0.2, 0) is 4.79 Å². The number of fused-ring (bicyclic) bond motifs is 1. The molecule has 4 rings (SSSR count). The lowest BCUT2D eigenvalue weighted by molar-refractivity contribution is -0.141. The second kappa shape index (κ2) is 6.05. The molecule has 0 radical (unpaired) electrons. The van der Waals surface area contributed by atoms with Crippen LogP contribution in [0.5, 0.6) is 11.5 Å². The van der Waals surface area contributed by atoms with Gasteiger partial charge in [0.25, 0.3) is 5.91 Å². The topological polar surface area (TPSA) is 102 Å². The molecule has 2 atom stereocenters. The minimum atomic E-state index is -0.929. The molecule has 1 amide bonds. The van der Waals surface area contributed by atoms with E-state index >= 15 is 0 Å². The van der Waals surface area contributed by atoms with Gasteiger partial charge in [-0.1, -0.05) is 11.2 Å². The first-order valence-electron chi connectivity index (χ1n) is 8.30. The molecular formula is C18H18N2O6. The minimum Gasteiger partial charge on any atom is -0.481 e. The Morgan fingerprint density at radius 3 is 2.65 bits per heavy atom. The summed E-state index contributed by atoms with van der Waals surface area (Å²) in [6.45, 7) is 3.97. The number of ether oxygens (including phenoxy) is 2. The van der Waals surface area contributed by atoms with E-state index in [4.69, 9.17) is 14.0 Å². The highest BCUT2D eigenvalue weighted by molar-refractivity contribution is 5.96. The molecule has 1 fully saturated rings. The molecule has 1 aromatic heterocycles. The molecule has 0 aliphatic carbocycles. The highest BCUT2D eigenvalue weighted by atomic mass is 16.7. The number of hydrogen-bond acceptors (Lipinski definition) is 6. The standard InChI is InChI=1S/C18H18N2O6/c1-9-16(10(2)26-19-9)17(21)20-6-12(13(7-20)18(22)23)11-3-4-14-15(5-11)25-8-24-14/h3-5,12-13H,6-8H2,1-2H3,(H,22,23)/t12-,13+/m1/s1. The molecule has 2 aliphatic heterocycles. The van der Waals surface area contributed by atoms with Gasteiger partial charge in [0, 0.05) is 19.0 Å². The van der Waals surface area contributed by atoms with Gasteiger partial charge in [-0.3, -0.25) is 9.59 Å². The Hall–Kier alpha value is -3.03. The van der Waals surface area contributed by atoms with E-state index in [-0.39, 0.29) is 25.2 Å². The van der Waals surface area contributed by atoms with Gasteiger partial charge in [-0.2, -0.15) is 0 Å². The van der Waals surface area contributed by atoms with Gasteiger partial charge in [-0.25, -0.2) is 0 Å². The number of carbonyl (C=O) groups excluding carboxylic acids is 1. The van der Waals surface area contributed by atoms with Gasteiger partial charge in [0.15, 0.2) is 11.5 Å². The number of nitrogens with zero attached hydrogens (tertiary/aromatic N) is 2. The maximum atomic E-state index is 12.9. The number of carboxylic acids is 1. The average molecular weight is 358 g/mol. The van der Waals surface area contributed by atoms with Crippen LogP contribution >= 0.6 is 0 Å². The van der Waals surface area contributed by atoms with E-state index in [1.807, 2.05) is 6.07 Å². The number of amides is 1. The smallest absolute Gasteiger partial charge is 0.308 e. The maximum absolute atomic E-state index is 12.9. The number of carbonyl (C=O) groups is 2. The molecule has 26 heavy (non-hydrogen) atoms. The fourth-order valence-corrected chi connectivity index (χ4v) is 3.65. The van der Waals surface area contributed by atoms with Gasteiger partial charge in [0.1, 0.15) is 11.3 Å². The summed E-state index contributed by atoms with van der Waals surface area (Å²) in [7, 11) is 0. The fraction of sp³-hybridized carbons (Fsp3) is 0.389. The van der Waals surface area contributed by atoms with Crippen LogP contribution < -0.4 is 9.47 Å². The Kier molecular flexibility index (Phi) is 3.82. The minimum absolute atomic E-state index is 0.136. The third-order valence-corrected chi connectivity index (χ3v) is 5.00. The molecule has 0 saturated carbocycles. The molecule has 0 bridgehead atoms. The van der Waals surface area contributed by atoms with Gasteiger partial charge in [0.05, 0.1) is 11.6 Å². The average Bonchev–Trinajstić information content (AvgIpc) is 3.32. The summed E-state index contributed by atoms with van der Waals surface area (Å²) in [4.78, 5) is 26.2. The van der Waals surface area contributed by atoms with Crippen LogP contribution in [0.25, 0.3) is 0 Å². The van der Waals surface area contributed by atoms with E-state index in [0.29, 0.717) is 35.1 Å². The first-order chi connectivity index (χ1) is 12.5. The van der Waals surface area contributed by atoms with Crippen molar-refractivity contribution in [1.29, 1.82) is 0 Å². The largest absolute Gasteiger partial charge is 0.481 e. The number of carboxylic acid groups (broad SMARTS) is 1. The predicted molar refractivity (Wildman–Crippen MR) is 88.3 cm³/mol. The molecule has 0 unspecified atom stereocenters. The zero-order valence-electron chi connectivity index (χ0n) is 14.4. The first-order valence-corrected chi connectivity index (χ1v) is 8.30. The van der Waals surface area contributed by atoms with Crippen molar-refractivity contribution in [1.82, 2.24) is 10.1 Å². The van der Waals surface area contributed by atoms with Crippen LogP contribution in [0.2, 0.25) is 0 Å². The summed E-state index contributed by atoms with van der Waals surface area (Å²) >= 11 is 0. The van der Waals surface area contributed by atoms with E-state index in [1.54, 1.807) is 30.9 Å². The van der Waals surface area contributed by atoms with Gasteiger partial charge in [0.2, 0.25) is 6.79 Å². The van der Waals surface area contributed by atoms with E-state index in [1.165, 1.54) is 0 Å². The predicted octanol–water partition coefficient (Wildman–Crippen LogP) is 1.96. The van der Waals surface area contributed by atoms with E-state index in [2.05, 4.69) is 5.16 Å². The lowest BCUT2D eigenvalue weighted by Crippen LogP contribution is -2.30. The molecule has 1 saturated heterocycles. The molecule has 3 heterocycles. The van der Waals surface area contributed by atoms with Crippen LogP contribution in [0.4, 0.5) is 0 Å². The number of rotatable bonds is 3. The second-order valence-corrected chi connectivity index (χ2v) is 6.57. The Balaban J connectivity index is 1.63. The van der Waals surface area contributed by atoms with Crippen molar-refractivity contribution in [2.45, 2.75) is 19.8 Å². The summed E-state index contributed by atoms with van der Waals surface area (Å²) < 4.78 is 15.8. The lowest BCUT2D eigenvalue weighted by Gasteiger charge is -2.16. The fourth-order valence-electron chi connectivity index (χ4n) is 3.65. The molecule has 2 aliphatic rings. The van der Waals surface area contributed by atoms with Crippen molar-refractivity contribution in [3.63, 3.8) is 0 Å². The van der Waals surface area contributed by atoms with Crippen LogP contribution in [0.1, 0.15) is 33.3 Å². The van der Waals surface area contributed by atoms with Crippen molar-refractivity contribution < 1.29 is 28.7 Å². The number of benzene rings is 1. The molecule has 2 aromatic rings. The SMILES string of the molecule is Cc1noc(C)c1C(=O)N1C[C@H](C(=O)O)[C@@H](c2ccc3c(c2)OCO3)C1. The number of aromatic nitrogens is 1. The Bertz CT molecular complexity index is 870. The number of aliphatic carboxylic acids is 1. The summed E-state index contributed by atoms with van der Waals surface area (Å²) in [5, 5.41) is 13.5. The Labute approximate surface area is 149 Å². The molecule has 136 valence electrons. The quantitative estimate of drug-likeness (QED) is 0.895. The molecular weight excluding hydrogens is 340 g/mol. The van der Waals surface area contributed by atoms with Crippen LogP contribution in [0.15, 0.2) is 22.7 Å². The second-order valence-electron chi connectivity index (χ2n) is 6.57. The zero-order chi connectivity index (χ0) is 18.4. The summed E-state index contributed by atoms with van der Waals surface area (Å²) in [5.41, 5.74) is 1.72. The van der Waals surface area contributed by atoms with Gasteiger partial charge in [-0.05, 0) is 31.5 Å². The maximum Gasteiger partial charge on any atom is 0.308 e. The molecule has 8 nitrogen and oxygen atoms in total. The molecule has 8 heteroatoms. The van der Waals surface area contributed by atoms with Gasteiger partial charge in [-0.15, -0.1) is 0 Å². The number of aryl methyl sites for hydroxylation is 2. The monoisotopic (exact) mass is 358 g/mol.